The van der Waals surface area contributed by atoms with Crippen LogP contribution in [0.3, 0.4) is 0 Å². The van der Waals surface area contributed by atoms with Crippen molar-refractivity contribution in [2.45, 2.75) is 44.7 Å². The Labute approximate surface area is 193 Å². The molecule has 2 aromatic carbocycles. The van der Waals surface area contributed by atoms with E-state index >= 15 is 0 Å². The number of hydrogen-bond donors (Lipinski definition) is 2. The van der Waals surface area contributed by atoms with Crippen molar-refractivity contribution in [1.82, 2.24) is 19.8 Å². The Morgan fingerprint density at radius 3 is 2.70 bits per heavy atom. The van der Waals surface area contributed by atoms with E-state index in [2.05, 4.69) is 46.4 Å². The number of H-pyrrole nitrogens is 1. The Morgan fingerprint density at radius 2 is 1.94 bits per heavy atom. The van der Waals surface area contributed by atoms with Gasteiger partial charge in [-0.2, -0.15) is 0 Å². The average molecular weight is 449 g/mol. The molecule has 1 saturated carbocycles. The molecule has 33 heavy (non-hydrogen) atoms. The Morgan fingerprint density at radius 1 is 1.15 bits per heavy atom. The van der Waals surface area contributed by atoms with Gasteiger partial charge in [-0.1, -0.05) is 42.7 Å². The molecule has 1 aromatic heterocycles. The summed E-state index contributed by atoms with van der Waals surface area (Å²) in [7, 11) is 0. The summed E-state index contributed by atoms with van der Waals surface area (Å²) in [6, 6.07) is 14.3. The van der Waals surface area contributed by atoms with Crippen LogP contribution in [0.1, 0.15) is 59.3 Å². The van der Waals surface area contributed by atoms with Gasteiger partial charge in [0.05, 0.1) is 30.3 Å². The normalized spacial score (nSPS) is 18.6. The topological polar surface area (TPSA) is 79.4 Å². The predicted octanol–water partition coefficient (Wildman–Crippen LogP) is 3.56. The minimum Gasteiger partial charge on any atom is -0.379 e. The Kier molecular flexibility index (Phi) is 6.33. The molecule has 0 bridgehead atoms. The summed E-state index contributed by atoms with van der Waals surface area (Å²) in [5, 5.41) is 3.14. The number of aromatic nitrogens is 2. The molecular formula is C26H32N4O3. The highest BCUT2D eigenvalue weighted by molar-refractivity contribution is 5.97. The quantitative estimate of drug-likeness (QED) is 0.604. The molecular weight excluding hydrogens is 416 g/mol. The maximum atomic E-state index is 13.1. The SMILES string of the molecule is Cc1cccc(C(CNC(=O)c2ccc3c(c2)[nH]c(=O)n3C2CCCC2)N2CCOCC2)c1. The van der Waals surface area contributed by atoms with Crippen LogP contribution in [-0.2, 0) is 4.74 Å². The zero-order valence-electron chi connectivity index (χ0n) is 19.2. The van der Waals surface area contributed by atoms with Crippen LogP contribution in [0.25, 0.3) is 11.0 Å². The second kappa shape index (κ2) is 9.53. The molecule has 1 amide bonds. The number of benzene rings is 2. The van der Waals surface area contributed by atoms with E-state index in [1.165, 1.54) is 11.1 Å². The van der Waals surface area contributed by atoms with E-state index in [4.69, 9.17) is 4.74 Å². The Hall–Kier alpha value is -2.90. The highest BCUT2D eigenvalue weighted by Crippen LogP contribution is 2.31. The van der Waals surface area contributed by atoms with Crippen molar-refractivity contribution in [2.75, 3.05) is 32.8 Å². The van der Waals surface area contributed by atoms with Crippen LogP contribution in [0.4, 0.5) is 0 Å². The first-order chi connectivity index (χ1) is 16.1. The number of morpholine rings is 1. The predicted molar refractivity (Wildman–Crippen MR) is 129 cm³/mol. The number of carbonyl (C=O) groups is 1. The van der Waals surface area contributed by atoms with Crippen molar-refractivity contribution in [3.05, 3.63) is 69.6 Å². The molecule has 1 aliphatic carbocycles. The molecule has 1 saturated heterocycles. The number of imidazole rings is 1. The lowest BCUT2D eigenvalue weighted by Gasteiger charge is -2.35. The molecule has 1 unspecified atom stereocenters. The van der Waals surface area contributed by atoms with Gasteiger partial charge in [0.2, 0.25) is 0 Å². The summed E-state index contributed by atoms with van der Waals surface area (Å²) >= 11 is 0. The number of fused-ring (bicyclic) bond motifs is 1. The molecule has 174 valence electrons. The minimum absolute atomic E-state index is 0.0821. The van der Waals surface area contributed by atoms with E-state index in [1.807, 2.05) is 16.7 Å². The highest BCUT2D eigenvalue weighted by atomic mass is 16.5. The third kappa shape index (κ3) is 4.61. The maximum Gasteiger partial charge on any atom is 0.326 e. The van der Waals surface area contributed by atoms with E-state index in [0.717, 1.165) is 49.8 Å². The molecule has 0 spiro atoms. The smallest absolute Gasteiger partial charge is 0.326 e. The standard InChI is InChI=1S/C26H32N4O3/c1-18-5-4-6-19(15-18)24(29-11-13-33-14-12-29)17-27-25(31)20-9-10-23-22(16-20)28-26(32)30(23)21-7-2-3-8-21/h4-6,9-10,15-16,21,24H,2-3,7-8,11-14,17H2,1H3,(H,27,31)(H,28,32). The Bertz CT molecular complexity index is 1190. The number of amides is 1. The fourth-order valence-electron chi connectivity index (χ4n) is 5.31. The van der Waals surface area contributed by atoms with Crippen LogP contribution < -0.4 is 11.0 Å². The molecule has 2 fully saturated rings. The summed E-state index contributed by atoms with van der Waals surface area (Å²) in [4.78, 5) is 31.0. The first kappa shape index (κ1) is 21.9. The van der Waals surface area contributed by atoms with E-state index in [-0.39, 0.29) is 23.7 Å². The van der Waals surface area contributed by atoms with Gasteiger partial charge in [-0.15, -0.1) is 0 Å². The van der Waals surface area contributed by atoms with Crippen LogP contribution >= 0.6 is 0 Å². The van der Waals surface area contributed by atoms with Gasteiger partial charge in [0, 0.05) is 31.2 Å². The summed E-state index contributed by atoms with van der Waals surface area (Å²) < 4.78 is 7.40. The van der Waals surface area contributed by atoms with Crippen LogP contribution in [0.2, 0.25) is 0 Å². The van der Waals surface area contributed by atoms with Gasteiger partial charge in [-0.3, -0.25) is 14.3 Å². The van der Waals surface area contributed by atoms with Crippen molar-refractivity contribution in [3.8, 4) is 0 Å². The van der Waals surface area contributed by atoms with E-state index in [9.17, 15) is 9.59 Å². The fourth-order valence-corrected chi connectivity index (χ4v) is 5.31. The lowest BCUT2D eigenvalue weighted by atomic mass is 10.0. The van der Waals surface area contributed by atoms with Crippen molar-refractivity contribution in [3.63, 3.8) is 0 Å². The number of nitrogens with zero attached hydrogens (tertiary/aromatic N) is 2. The van der Waals surface area contributed by atoms with Gasteiger partial charge < -0.3 is 15.0 Å². The number of ether oxygens (including phenoxy) is 1. The highest BCUT2D eigenvalue weighted by Gasteiger charge is 2.24. The molecule has 2 heterocycles. The number of aromatic amines is 1. The third-order valence-corrected chi connectivity index (χ3v) is 7.04. The summed E-state index contributed by atoms with van der Waals surface area (Å²) in [5.74, 6) is -0.128. The summed E-state index contributed by atoms with van der Waals surface area (Å²) in [6.07, 6.45) is 4.40. The molecule has 1 atom stereocenters. The number of hydrogen-bond acceptors (Lipinski definition) is 4. The van der Waals surface area contributed by atoms with Crippen molar-refractivity contribution in [1.29, 1.82) is 0 Å². The van der Waals surface area contributed by atoms with Crippen molar-refractivity contribution in [2.24, 2.45) is 0 Å². The monoisotopic (exact) mass is 448 g/mol. The van der Waals surface area contributed by atoms with Crippen LogP contribution in [0.15, 0.2) is 47.3 Å². The Balaban J connectivity index is 1.34. The molecule has 2 aliphatic rings. The molecule has 7 heteroatoms. The zero-order chi connectivity index (χ0) is 22.8. The number of carbonyl (C=O) groups excluding carboxylic acids is 1. The largest absolute Gasteiger partial charge is 0.379 e. The fraction of sp³-hybridized carbons (Fsp3) is 0.462. The molecule has 5 rings (SSSR count). The summed E-state index contributed by atoms with van der Waals surface area (Å²) in [6.45, 7) is 5.70. The van der Waals surface area contributed by atoms with Gasteiger partial charge in [-0.25, -0.2) is 4.79 Å². The number of nitrogens with one attached hydrogen (secondary N) is 2. The summed E-state index contributed by atoms with van der Waals surface area (Å²) in [5.41, 5.74) is 4.50. The van der Waals surface area contributed by atoms with Crippen LogP contribution in [0.5, 0.6) is 0 Å². The van der Waals surface area contributed by atoms with Crippen LogP contribution in [-0.4, -0.2) is 53.2 Å². The molecule has 1 aliphatic heterocycles. The molecule has 2 N–H and O–H groups in total. The molecule has 0 radical (unpaired) electrons. The average Bonchev–Trinajstić information content (AvgIpc) is 3.46. The lowest BCUT2D eigenvalue weighted by Crippen LogP contribution is -2.43. The van der Waals surface area contributed by atoms with E-state index < -0.39 is 0 Å². The maximum absolute atomic E-state index is 13.1. The zero-order valence-corrected chi connectivity index (χ0v) is 19.2. The second-order valence-electron chi connectivity index (χ2n) is 9.26. The number of aryl methyl sites for hydroxylation is 1. The molecule has 3 aromatic rings. The van der Waals surface area contributed by atoms with Gasteiger partial charge in [0.1, 0.15) is 0 Å². The molecule has 7 nitrogen and oxygen atoms in total. The van der Waals surface area contributed by atoms with Gasteiger partial charge in [0.15, 0.2) is 0 Å². The van der Waals surface area contributed by atoms with Gasteiger partial charge >= 0.3 is 5.69 Å². The third-order valence-electron chi connectivity index (χ3n) is 7.04. The number of rotatable bonds is 6. The second-order valence-corrected chi connectivity index (χ2v) is 9.26. The van der Waals surface area contributed by atoms with E-state index in [0.29, 0.717) is 25.3 Å². The van der Waals surface area contributed by atoms with Gasteiger partial charge in [0.25, 0.3) is 5.91 Å². The minimum atomic E-state index is -0.128. The lowest BCUT2D eigenvalue weighted by molar-refractivity contribution is 0.0162. The first-order valence-corrected chi connectivity index (χ1v) is 12.0. The van der Waals surface area contributed by atoms with Crippen LogP contribution in [0, 0.1) is 6.92 Å². The van der Waals surface area contributed by atoms with E-state index in [1.54, 1.807) is 6.07 Å². The van der Waals surface area contributed by atoms with Crippen molar-refractivity contribution >= 4 is 16.9 Å². The van der Waals surface area contributed by atoms with Crippen molar-refractivity contribution < 1.29 is 9.53 Å². The van der Waals surface area contributed by atoms with Gasteiger partial charge in [-0.05, 0) is 43.5 Å². The first-order valence-electron chi connectivity index (χ1n) is 12.0.